The lowest BCUT2D eigenvalue weighted by molar-refractivity contribution is -0.306. The van der Waals surface area contributed by atoms with E-state index in [1.165, 1.54) is 17.8 Å². The van der Waals surface area contributed by atoms with Crippen LogP contribution < -0.4 is 5.11 Å². The highest BCUT2D eigenvalue weighted by Gasteiger charge is 2.44. The van der Waals surface area contributed by atoms with Crippen LogP contribution in [0.15, 0.2) is 46.2 Å². The average Bonchev–Trinajstić information content (AvgIpc) is 3.22. The number of benzene rings is 2. The molecular formula is C22H17ClF4NO3S-. The number of nitrogens with zero attached hydrogens (tertiary/aromatic N) is 1. The predicted molar refractivity (Wildman–Crippen MR) is 110 cm³/mol. The van der Waals surface area contributed by atoms with Gasteiger partial charge in [-0.05, 0) is 49.2 Å². The van der Waals surface area contributed by atoms with Crippen molar-refractivity contribution in [2.45, 2.75) is 47.4 Å². The second-order valence-corrected chi connectivity index (χ2v) is 9.05. The normalized spacial score (nSPS) is 17.0. The molecule has 170 valence electrons. The first-order valence-corrected chi connectivity index (χ1v) is 10.9. The maximum absolute atomic E-state index is 14.5. The maximum Gasteiger partial charge on any atom is 0.418 e. The van der Waals surface area contributed by atoms with Crippen molar-refractivity contribution < 1.29 is 32.2 Å². The summed E-state index contributed by atoms with van der Waals surface area (Å²) < 4.78 is 62.2. The summed E-state index contributed by atoms with van der Waals surface area (Å²) in [6.07, 6.45) is -6.93. The zero-order valence-electron chi connectivity index (χ0n) is 16.7. The molecule has 0 fully saturated rings. The van der Waals surface area contributed by atoms with E-state index in [4.69, 9.17) is 16.3 Å². The lowest BCUT2D eigenvalue weighted by Gasteiger charge is -2.21. The second-order valence-electron chi connectivity index (χ2n) is 7.53. The number of aromatic nitrogens is 1. The highest BCUT2D eigenvalue weighted by atomic mass is 35.5. The highest BCUT2D eigenvalue weighted by molar-refractivity contribution is 7.99. The van der Waals surface area contributed by atoms with Crippen molar-refractivity contribution in [2.75, 3.05) is 7.11 Å². The lowest BCUT2D eigenvalue weighted by Crippen LogP contribution is -2.24. The fourth-order valence-electron chi connectivity index (χ4n) is 4.29. The molecule has 0 aliphatic carbocycles. The zero-order valence-corrected chi connectivity index (χ0v) is 18.3. The fraction of sp³-hybridized carbons (Fsp3) is 0.318. The first-order valence-electron chi connectivity index (χ1n) is 9.68. The maximum atomic E-state index is 14.5. The van der Waals surface area contributed by atoms with E-state index in [-0.39, 0.29) is 22.9 Å². The van der Waals surface area contributed by atoms with Gasteiger partial charge in [-0.2, -0.15) is 13.2 Å². The molecule has 4 nitrogen and oxygen atoms in total. The SMILES string of the molecule is COC(c1cc(F)cc2c1c(Sc1ccc(Cl)cc1)c1n2CCC1CC(=O)[O-])C(F)(F)F. The Bertz CT molecular complexity index is 1180. The van der Waals surface area contributed by atoms with Crippen LogP contribution in [0.5, 0.6) is 0 Å². The van der Waals surface area contributed by atoms with Crippen LogP contribution in [0.4, 0.5) is 17.6 Å². The van der Waals surface area contributed by atoms with Crippen LogP contribution in [0.2, 0.25) is 5.02 Å². The third-order valence-corrected chi connectivity index (χ3v) is 6.88. The molecule has 4 rings (SSSR count). The molecule has 2 atom stereocenters. The standard InChI is InChI=1S/C22H18ClF4NO3S/c1-31-21(22(25,26)27)15-9-13(24)10-16-18(15)20(32-14-4-2-12(23)3-5-14)19-11(8-17(29)30)6-7-28(16)19/h2-5,9-11,21H,6-8H2,1H3,(H,29,30)/p-1. The topological polar surface area (TPSA) is 54.3 Å². The molecule has 0 bridgehead atoms. The number of ether oxygens (including phenoxy) is 1. The molecular weight excluding hydrogens is 470 g/mol. The van der Waals surface area contributed by atoms with Gasteiger partial charge in [0.15, 0.2) is 6.10 Å². The Balaban J connectivity index is 2.00. The number of aliphatic carboxylic acids is 1. The monoisotopic (exact) mass is 486 g/mol. The Morgan fingerprint density at radius 1 is 1.31 bits per heavy atom. The minimum atomic E-state index is -4.77. The van der Waals surface area contributed by atoms with Crippen molar-refractivity contribution in [3.8, 4) is 0 Å². The average molecular weight is 487 g/mol. The summed E-state index contributed by atoms with van der Waals surface area (Å²) in [4.78, 5) is 12.5. The molecule has 1 aliphatic rings. The number of carbonyl (C=O) groups excluding carboxylic acids is 1. The highest BCUT2D eigenvalue weighted by Crippen LogP contribution is 2.50. The third kappa shape index (κ3) is 4.21. The summed E-state index contributed by atoms with van der Waals surface area (Å²) in [6.45, 7) is 0.359. The van der Waals surface area contributed by atoms with E-state index >= 15 is 0 Å². The fourth-order valence-corrected chi connectivity index (χ4v) is 5.63. The first kappa shape index (κ1) is 22.9. The summed E-state index contributed by atoms with van der Waals surface area (Å²) in [7, 11) is 0.920. The molecule has 2 heterocycles. The van der Waals surface area contributed by atoms with Crippen LogP contribution in [0.25, 0.3) is 10.9 Å². The number of carboxylic acid groups (broad SMARTS) is 1. The molecule has 0 spiro atoms. The Morgan fingerprint density at radius 3 is 2.59 bits per heavy atom. The van der Waals surface area contributed by atoms with Crippen LogP contribution in [0.3, 0.4) is 0 Å². The molecule has 0 N–H and O–H groups in total. The minimum absolute atomic E-state index is 0.202. The van der Waals surface area contributed by atoms with Crippen molar-refractivity contribution in [3.05, 3.63) is 58.5 Å². The van der Waals surface area contributed by atoms with Crippen molar-refractivity contribution >= 4 is 40.2 Å². The Hall–Kier alpha value is -2.23. The van der Waals surface area contributed by atoms with Crippen LogP contribution in [-0.4, -0.2) is 23.8 Å². The number of carbonyl (C=O) groups is 1. The quantitative estimate of drug-likeness (QED) is 0.434. The van der Waals surface area contributed by atoms with Gasteiger partial charge in [-0.1, -0.05) is 23.4 Å². The summed E-state index contributed by atoms with van der Waals surface area (Å²) in [5.41, 5.74) is 0.493. The Morgan fingerprint density at radius 2 is 2.00 bits per heavy atom. The summed E-state index contributed by atoms with van der Waals surface area (Å²) in [6, 6.07) is 8.74. The molecule has 0 saturated carbocycles. The van der Waals surface area contributed by atoms with E-state index in [1.807, 2.05) is 0 Å². The number of carboxylic acids is 1. The van der Waals surface area contributed by atoms with Gasteiger partial charge >= 0.3 is 6.18 Å². The number of alkyl halides is 3. The van der Waals surface area contributed by atoms with Crippen LogP contribution in [0, 0.1) is 5.82 Å². The molecule has 0 amide bonds. The Kier molecular flexibility index (Phi) is 6.17. The molecule has 0 saturated heterocycles. The number of aryl methyl sites for hydroxylation is 1. The molecule has 10 heteroatoms. The third-order valence-electron chi connectivity index (χ3n) is 5.50. The van der Waals surface area contributed by atoms with Crippen LogP contribution in [0.1, 0.15) is 36.1 Å². The summed E-state index contributed by atoms with van der Waals surface area (Å²) >= 11 is 7.14. The number of halogens is 5. The molecule has 0 radical (unpaired) electrons. The molecule has 3 aromatic rings. The van der Waals surface area contributed by atoms with Crippen molar-refractivity contribution in [3.63, 3.8) is 0 Å². The van der Waals surface area contributed by atoms with E-state index < -0.39 is 30.0 Å². The van der Waals surface area contributed by atoms with Crippen LogP contribution >= 0.6 is 23.4 Å². The van der Waals surface area contributed by atoms with Gasteiger partial charge in [0.05, 0.1) is 5.52 Å². The predicted octanol–water partition coefficient (Wildman–Crippen LogP) is 5.46. The van der Waals surface area contributed by atoms with E-state index in [0.717, 1.165) is 13.2 Å². The van der Waals surface area contributed by atoms with Gasteiger partial charge in [0, 0.05) is 57.0 Å². The van der Waals surface area contributed by atoms with Crippen molar-refractivity contribution in [1.29, 1.82) is 0 Å². The van der Waals surface area contributed by atoms with E-state index in [1.54, 1.807) is 28.8 Å². The second kappa shape index (κ2) is 8.61. The van der Waals surface area contributed by atoms with E-state index in [2.05, 4.69) is 0 Å². The lowest BCUT2D eigenvalue weighted by atomic mass is 9.98. The molecule has 1 aromatic heterocycles. The number of methoxy groups -OCH3 is 1. The zero-order chi connectivity index (χ0) is 23.2. The molecule has 2 unspecified atom stereocenters. The van der Waals surface area contributed by atoms with Crippen molar-refractivity contribution in [2.24, 2.45) is 0 Å². The van der Waals surface area contributed by atoms with Gasteiger partial charge in [0.1, 0.15) is 5.82 Å². The molecule has 1 aliphatic heterocycles. The first-order chi connectivity index (χ1) is 15.1. The number of hydrogen-bond donors (Lipinski definition) is 0. The van der Waals surface area contributed by atoms with Gasteiger partial charge in [-0.15, -0.1) is 0 Å². The summed E-state index contributed by atoms with van der Waals surface area (Å²) in [5.74, 6) is -2.55. The minimum Gasteiger partial charge on any atom is -0.550 e. The largest absolute Gasteiger partial charge is 0.550 e. The van der Waals surface area contributed by atoms with Crippen LogP contribution in [-0.2, 0) is 16.1 Å². The smallest absolute Gasteiger partial charge is 0.418 e. The van der Waals surface area contributed by atoms with Gasteiger partial charge in [0.25, 0.3) is 0 Å². The number of hydrogen-bond acceptors (Lipinski definition) is 4. The van der Waals surface area contributed by atoms with E-state index in [9.17, 15) is 27.5 Å². The van der Waals surface area contributed by atoms with E-state index in [0.29, 0.717) is 33.5 Å². The molecule has 2 aromatic carbocycles. The van der Waals surface area contributed by atoms with Gasteiger partial charge < -0.3 is 19.2 Å². The Labute approximate surface area is 190 Å². The summed E-state index contributed by atoms with van der Waals surface area (Å²) in [5, 5.41) is 12.0. The number of rotatable bonds is 6. The van der Waals surface area contributed by atoms with Gasteiger partial charge in [0.2, 0.25) is 0 Å². The van der Waals surface area contributed by atoms with Crippen molar-refractivity contribution in [1.82, 2.24) is 4.57 Å². The molecule has 32 heavy (non-hydrogen) atoms. The van der Waals surface area contributed by atoms with Gasteiger partial charge in [-0.3, -0.25) is 0 Å². The number of fused-ring (bicyclic) bond motifs is 3. The van der Waals surface area contributed by atoms with Gasteiger partial charge in [-0.25, -0.2) is 4.39 Å².